The van der Waals surface area contributed by atoms with Gasteiger partial charge < -0.3 is 0 Å². The zero-order valence-electron chi connectivity index (χ0n) is 12.8. The lowest BCUT2D eigenvalue weighted by molar-refractivity contribution is 0.0907. The third-order valence-corrected chi connectivity index (χ3v) is 4.86. The number of hydrogen-bond donors (Lipinski definition) is 0. The molecule has 110 valence electrons. The van der Waals surface area contributed by atoms with Crippen LogP contribution in [0.2, 0.25) is 0 Å². The molecule has 0 saturated heterocycles. The number of Topliss-reactive ketones (excluding diaryl/α,β-unsaturated/α-hetero) is 1. The first-order chi connectivity index (χ1) is 11.1. The van der Waals surface area contributed by atoms with Gasteiger partial charge in [-0.1, -0.05) is 48.5 Å². The second kappa shape index (κ2) is 4.79. The number of ketones is 1. The quantitative estimate of drug-likeness (QED) is 0.703. The van der Waals surface area contributed by atoms with Gasteiger partial charge in [-0.3, -0.25) is 4.79 Å². The molecule has 3 aromatic carbocycles. The SMILES string of the molecule is CC1(Cc2cccc(C#N)c2)C(=O)c2cccc3cccc1c23. The number of nitriles is 1. The molecule has 1 unspecified atom stereocenters. The lowest BCUT2D eigenvalue weighted by Crippen LogP contribution is -2.31. The van der Waals surface area contributed by atoms with Gasteiger partial charge in [0.15, 0.2) is 5.78 Å². The maximum absolute atomic E-state index is 13.1. The number of nitrogens with zero attached hydrogens (tertiary/aromatic N) is 1. The summed E-state index contributed by atoms with van der Waals surface area (Å²) in [7, 11) is 0. The molecule has 2 heteroatoms. The molecule has 0 amide bonds. The number of rotatable bonds is 2. The first-order valence-corrected chi connectivity index (χ1v) is 7.69. The predicted octanol–water partition coefficient (Wildman–Crippen LogP) is 4.41. The highest BCUT2D eigenvalue weighted by Gasteiger charge is 2.43. The van der Waals surface area contributed by atoms with Crippen molar-refractivity contribution in [1.82, 2.24) is 0 Å². The van der Waals surface area contributed by atoms with Gasteiger partial charge in [0.2, 0.25) is 0 Å². The summed E-state index contributed by atoms with van der Waals surface area (Å²) in [5.41, 5.74) is 2.99. The minimum Gasteiger partial charge on any atom is -0.293 e. The number of benzene rings is 3. The normalized spacial score (nSPS) is 19.0. The van der Waals surface area contributed by atoms with Crippen molar-refractivity contribution in [1.29, 1.82) is 5.26 Å². The Labute approximate surface area is 135 Å². The summed E-state index contributed by atoms with van der Waals surface area (Å²) in [5, 5.41) is 11.3. The average Bonchev–Trinajstić information content (AvgIpc) is 2.79. The predicted molar refractivity (Wildman–Crippen MR) is 90.5 cm³/mol. The van der Waals surface area contributed by atoms with E-state index in [0.717, 1.165) is 27.5 Å². The van der Waals surface area contributed by atoms with E-state index in [1.165, 1.54) is 0 Å². The molecule has 0 aliphatic heterocycles. The smallest absolute Gasteiger partial charge is 0.174 e. The number of hydrogen-bond acceptors (Lipinski definition) is 2. The van der Waals surface area contributed by atoms with Crippen LogP contribution in [0.3, 0.4) is 0 Å². The summed E-state index contributed by atoms with van der Waals surface area (Å²) in [4.78, 5) is 13.1. The Morgan fingerprint density at radius 3 is 2.57 bits per heavy atom. The lowest BCUT2D eigenvalue weighted by Gasteiger charge is -2.24. The molecule has 4 rings (SSSR count). The molecular weight excluding hydrogens is 282 g/mol. The average molecular weight is 297 g/mol. The van der Waals surface area contributed by atoms with Crippen LogP contribution < -0.4 is 0 Å². The van der Waals surface area contributed by atoms with Crippen LogP contribution in [0, 0.1) is 11.3 Å². The Kier molecular flexibility index (Phi) is 2.86. The standard InChI is InChI=1S/C21H15NO/c1-21(12-14-5-2-6-15(11-14)13-22)18-10-4-8-16-7-3-9-17(19(16)18)20(21)23/h2-11H,12H2,1H3. The molecule has 0 bridgehead atoms. The summed E-state index contributed by atoms with van der Waals surface area (Å²) in [6, 6.07) is 21.8. The first-order valence-electron chi connectivity index (χ1n) is 7.69. The zero-order chi connectivity index (χ0) is 16.0. The van der Waals surface area contributed by atoms with Crippen LogP contribution in [0.25, 0.3) is 10.8 Å². The largest absolute Gasteiger partial charge is 0.293 e. The van der Waals surface area contributed by atoms with Gasteiger partial charge in [0.1, 0.15) is 0 Å². The van der Waals surface area contributed by atoms with E-state index in [0.29, 0.717) is 12.0 Å². The topological polar surface area (TPSA) is 40.9 Å². The number of carbonyl (C=O) groups excluding carboxylic acids is 1. The summed E-state index contributed by atoms with van der Waals surface area (Å²) < 4.78 is 0. The number of carbonyl (C=O) groups is 1. The molecule has 1 aliphatic carbocycles. The molecule has 3 aromatic rings. The monoisotopic (exact) mass is 297 g/mol. The van der Waals surface area contributed by atoms with Crippen LogP contribution in [0.15, 0.2) is 60.7 Å². The highest BCUT2D eigenvalue weighted by Crippen LogP contribution is 2.44. The summed E-state index contributed by atoms with van der Waals surface area (Å²) in [6.45, 7) is 2.02. The third-order valence-electron chi connectivity index (χ3n) is 4.86. The van der Waals surface area contributed by atoms with Gasteiger partial charge in [-0.15, -0.1) is 0 Å². The Bertz CT molecular complexity index is 991. The summed E-state index contributed by atoms with van der Waals surface area (Å²) >= 11 is 0. The van der Waals surface area contributed by atoms with Gasteiger partial charge in [-0.2, -0.15) is 5.26 Å². The Morgan fingerprint density at radius 1 is 1.04 bits per heavy atom. The maximum Gasteiger partial charge on any atom is 0.174 e. The molecule has 0 radical (unpaired) electrons. The molecule has 0 spiro atoms. The minimum atomic E-state index is -0.572. The van der Waals surface area contributed by atoms with E-state index >= 15 is 0 Å². The summed E-state index contributed by atoms with van der Waals surface area (Å²) in [5.74, 6) is 0.173. The minimum absolute atomic E-state index is 0.173. The third kappa shape index (κ3) is 1.90. The molecule has 1 atom stereocenters. The molecule has 0 fully saturated rings. The van der Waals surface area contributed by atoms with Gasteiger partial charge >= 0.3 is 0 Å². The fourth-order valence-corrected chi connectivity index (χ4v) is 3.74. The Balaban J connectivity index is 1.88. The van der Waals surface area contributed by atoms with Crippen LogP contribution in [0.1, 0.15) is 34.0 Å². The zero-order valence-corrected chi connectivity index (χ0v) is 12.8. The Morgan fingerprint density at radius 2 is 1.78 bits per heavy atom. The maximum atomic E-state index is 13.1. The molecule has 1 aliphatic rings. The van der Waals surface area contributed by atoms with Crippen molar-refractivity contribution >= 4 is 16.6 Å². The molecule has 0 N–H and O–H groups in total. The van der Waals surface area contributed by atoms with Gasteiger partial charge in [-0.25, -0.2) is 0 Å². The fourth-order valence-electron chi connectivity index (χ4n) is 3.74. The molecule has 2 nitrogen and oxygen atoms in total. The van der Waals surface area contributed by atoms with Crippen molar-refractivity contribution in [3.05, 3.63) is 82.9 Å². The van der Waals surface area contributed by atoms with Gasteiger partial charge in [0.05, 0.1) is 17.0 Å². The van der Waals surface area contributed by atoms with E-state index < -0.39 is 5.41 Å². The molecule has 0 heterocycles. The van der Waals surface area contributed by atoms with Crippen molar-refractivity contribution in [3.8, 4) is 6.07 Å². The van der Waals surface area contributed by atoms with Crippen LogP contribution in [0.4, 0.5) is 0 Å². The second-order valence-electron chi connectivity index (χ2n) is 6.36. The molecule has 23 heavy (non-hydrogen) atoms. The van der Waals surface area contributed by atoms with E-state index in [-0.39, 0.29) is 5.78 Å². The van der Waals surface area contributed by atoms with Crippen molar-refractivity contribution in [2.75, 3.05) is 0 Å². The van der Waals surface area contributed by atoms with Crippen molar-refractivity contribution in [3.63, 3.8) is 0 Å². The highest BCUT2D eigenvalue weighted by molar-refractivity contribution is 6.20. The van der Waals surface area contributed by atoms with Crippen LogP contribution >= 0.6 is 0 Å². The molecule has 0 saturated carbocycles. The van der Waals surface area contributed by atoms with Gasteiger partial charge in [-0.05, 0) is 47.4 Å². The molecule has 0 aromatic heterocycles. The van der Waals surface area contributed by atoms with Crippen molar-refractivity contribution < 1.29 is 4.79 Å². The van der Waals surface area contributed by atoms with Crippen LogP contribution in [-0.2, 0) is 11.8 Å². The van der Waals surface area contributed by atoms with Gasteiger partial charge in [0, 0.05) is 5.56 Å². The van der Waals surface area contributed by atoms with Crippen LogP contribution in [0.5, 0.6) is 0 Å². The van der Waals surface area contributed by atoms with Gasteiger partial charge in [0.25, 0.3) is 0 Å². The lowest BCUT2D eigenvalue weighted by atomic mass is 9.76. The fraction of sp³-hybridized carbons (Fsp3) is 0.143. The van der Waals surface area contributed by atoms with E-state index in [4.69, 9.17) is 5.26 Å². The van der Waals surface area contributed by atoms with E-state index in [9.17, 15) is 4.79 Å². The highest BCUT2D eigenvalue weighted by atomic mass is 16.1. The van der Waals surface area contributed by atoms with Crippen LogP contribution in [-0.4, -0.2) is 5.78 Å². The van der Waals surface area contributed by atoms with E-state index in [1.54, 1.807) is 6.07 Å². The first kappa shape index (κ1) is 13.7. The van der Waals surface area contributed by atoms with Crippen molar-refractivity contribution in [2.45, 2.75) is 18.8 Å². The van der Waals surface area contributed by atoms with E-state index in [2.05, 4.69) is 24.3 Å². The second-order valence-corrected chi connectivity index (χ2v) is 6.36. The van der Waals surface area contributed by atoms with E-state index in [1.807, 2.05) is 43.3 Å². The Hall–Kier alpha value is -2.92. The summed E-state index contributed by atoms with van der Waals surface area (Å²) in [6.07, 6.45) is 0.606. The molecular formula is C21H15NO. The van der Waals surface area contributed by atoms with Crippen molar-refractivity contribution in [2.24, 2.45) is 0 Å².